The molecule has 1 fully saturated rings. The summed E-state index contributed by atoms with van der Waals surface area (Å²) in [6, 6.07) is 18.0. The van der Waals surface area contributed by atoms with Crippen LogP contribution in [0.15, 0.2) is 67.0 Å². The minimum absolute atomic E-state index is 0.0245. The second-order valence-electron chi connectivity index (χ2n) is 11.3. The second kappa shape index (κ2) is 12.4. The number of carboxylic acid groups (broad SMARTS) is 1. The Morgan fingerprint density at radius 2 is 1.91 bits per heavy atom. The largest absolute Gasteiger partial charge is 0.481 e. The number of thiazole rings is 1. The van der Waals surface area contributed by atoms with E-state index in [1.165, 1.54) is 0 Å². The van der Waals surface area contributed by atoms with Gasteiger partial charge in [-0.05, 0) is 48.4 Å². The highest BCUT2D eigenvalue weighted by Gasteiger charge is 2.28. The van der Waals surface area contributed by atoms with Gasteiger partial charge in [-0.15, -0.1) is 22.9 Å². The number of halogens is 2. The highest BCUT2D eigenvalue weighted by atomic mass is 35.5. The number of nitrogens with zero attached hydrogens (tertiary/aromatic N) is 5. The molecule has 1 saturated heterocycles. The third kappa shape index (κ3) is 5.98. The molecule has 9 nitrogen and oxygen atoms in total. The molecule has 2 aliphatic heterocycles. The summed E-state index contributed by atoms with van der Waals surface area (Å²) >= 11 is 14.3. The fourth-order valence-corrected chi connectivity index (χ4v) is 7.48. The van der Waals surface area contributed by atoms with Crippen LogP contribution < -0.4 is 5.32 Å². The zero-order valence-corrected chi connectivity index (χ0v) is 26.4. The lowest BCUT2D eigenvalue weighted by molar-refractivity contribution is -0.141. The van der Waals surface area contributed by atoms with Crippen LogP contribution in [-0.2, 0) is 29.2 Å². The molecule has 2 aliphatic rings. The lowest BCUT2D eigenvalue weighted by Gasteiger charge is -2.16. The van der Waals surface area contributed by atoms with E-state index in [1.807, 2.05) is 48.7 Å². The number of carboxylic acids is 1. The number of hydrogen-bond acceptors (Lipinski definition) is 8. The number of carbonyl (C=O) groups is 2. The third-order valence-electron chi connectivity index (χ3n) is 8.28. The summed E-state index contributed by atoms with van der Waals surface area (Å²) in [5.41, 5.74) is 6.19. The molecule has 0 unspecified atom stereocenters. The van der Waals surface area contributed by atoms with Crippen LogP contribution in [0.3, 0.4) is 0 Å². The van der Waals surface area contributed by atoms with Crippen LogP contribution in [0.5, 0.6) is 0 Å². The first kappa shape index (κ1) is 29.6. The van der Waals surface area contributed by atoms with Crippen molar-refractivity contribution >= 4 is 68.8 Å². The van der Waals surface area contributed by atoms with Crippen molar-refractivity contribution in [2.45, 2.75) is 26.1 Å². The van der Waals surface area contributed by atoms with Gasteiger partial charge >= 0.3 is 5.97 Å². The quantitative estimate of drug-likeness (QED) is 0.175. The molecule has 0 bridgehead atoms. The van der Waals surface area contributed by atoms with E-state index in [9.17, 15) is 14.7 Å². The van der Waals surface area contributed by atoms with Gasteiger partial charge in [-0.1, -0.05) is 41.9 Å². The summed E-state index contributed by atoms with van der Waals surface area (Å²) in [4.78, 5) is 42.4. The number of hydrogen-bond donors (Lipinski definition) is 2. The van der Waals surface area contributed by atoms with Gasteiger partial charge in [-0.3, -0.25) is 19.5 Å². The number of fused-ring (bicyclic) bond motifs is 2. The number of aromatic nitrogens is 3. The van der Waals surface area contributed by atoms with Crippen LogP contribution in [0.1, 0.15) is 22.6 Å². The van der Waals surface area contributed by atoms with E-state index in [-0.39, 0.29) is 17.7 Å². The summed E-state index contributed by atoms with van der Waals surface area (Å²) < 4.78 is 0. The van der Waals surface area contributed by atoms with Crippen LogP contribution >= 0.6 is 34.5 Å². The molecule has 2 N–H and O–H groups in total. The molecular weight excluding hydrogens is 631 g/mol. The number of nitrogens with one attached hydrogen (secondary N) is 1. The Balaban J connectivity index is 1.11. The average Bonchev–Trinajstić information content (AvgIpc) is 3.78. The Kier molecular flexibility index (Phi) is 8.14. The number of alkyl halides is 1. The highest BCUT2D eigenvalue weighted by molar-refractivity contribution is 7.15. The summed E-state index contributed by atoms with van der Waals surface area (Å²) in [6.07, 6.45) is 4.24. The molecule has 3 aromatic heterocycles. The number of amides is 1. The maximum absolute atomic E-state index is 12.0. The van der Waals surface area contributed by atoms with E-state index < -0.39 is 5.97 Å². The van der Waals surface area contributed by atoms with Gasteiger partial charge in [0, 0.05) is 46.9 Å². The molecule has 0 aliphatic carbocycles. The molecule has 12 heteroatoms. The van der Waals surface area contributed by atoms with E-state index in [2.05, 4.69) is 27.3 Å². The number of benzene rings is 2. The lowest BCUT2D eigenvalue weighted by atomic mass is 10.0. The van der Waals surface area contributed by atoms with Gasteiger partial charge in [0.1, 0.15) is 16.4 Å². The van der Waals surface area contributed by atoms with Crippen LogP contribution in [0.2, 0.25) is 5.02 Å². The Hall–Kier alpha value is -4.09. The number of likely N-dealkylation sites (tertiary alicyclic amines) is 1. The lowest BCUT2D eigenvalue weighted by Crippen LogP contribution is -2.26. The van der Waals surface area contributed by atoms with Gasteiger partial charge in [0.2, 0.25) is 5.91 Å². The Morgan fingerprint density at radius 1 is 1.07 bits per heavy atom. The number of anilines is 2. The fourth-order valence-electron chi connectivity index (χ4n) is 5.94. The van der Waals surface area contributed by atoms with Crippen molar-refractivity contribution in [1.29, 1.82) is 0 Å². The zero-order valence-electron chi connectivity index (χ0n) is 24.0. The highest BCUT2D eigenvalue weighted by Crippen LogP contribution is 2.39. The maximum atomic E-state index is 12.0. The molecule has 2 aromatic carbocycles. The molecule has 1 amide bonds. The first-order valence-electron chi connectivity index (χ1n) is 14.5. The monoisotopic (exact) mass is 658 g/mol. The van der Waals surface area contributed by atoms with Crippen molar-refractivity contribution in [3.05, 3.63) is 88.1 Å². The van der Waals surface area contributed by atoms with Crippen molar-refractivity contribution in [3.63, 3.8) is 0 Å². The predicted octanol–water partition coefficient (Wildman–Crippen LogP) is 6.80. The Bertz CT molecular complexity index is 1930. The minimum Gasteiger partial charge on any atom is -0.481 e. The SMILES string of the molecule is O=C(O)[C@@H]1CCN(Cc2cnc3c(Nc4cccc(-c5cccc(-c6nc7c(s6)CN(C(=O)CCl)C7)c5)c4Cl)nccc3c2)C1. The number of pyridine rings is 2. The summed E-state index contributed by atoms with van der Waals surface area (Å²) in [5, 5.41) is 15.1. The normalized spacial score (nSPS) is 16.3. The maximum Gasteiger partial charge on any atom is 0.307 e. The zero-order chi connectivity index (χ0) is 31.1. The van der Waals surface area contributed by atoms with Crippen LogP contribution in [0.25, 0.3) is 32.6 Å². The standard InChI is InChI=1S/C33H28Cl2N6O3S/c34-13-28(42)41-17-26-27(18-41)45-32(39-26)22-4-1-3-20(12-22)24-5-2-6-25(29(24)35)38-31-30-21(7-9-36-31)11-19(14-37-30)15-40-10-8-23(16-40)33(43)44/h1-7,9,11-12,14,23H,8,10,13,15-18H2,(H,36,38)(H,43,44)/t23-/m1/s1. The summed E-state index contributed by atoms with van der Waals surface area (Å²) in [7, 11) is 0. The van der Waals surface area contributed by atoms with Gasteiger partial charge < -0.3 is 15.3 Å². The van der Waals surface area contributed by atoms with Crippen LogP contribution in [0.4, 0.5) is 11.5 Å². The third-order valence-corrected chi connectivity index (χ3v) is 10.0. The van der Waals surface area contributed by atoms with E-state index in [1.54, 1.807) is 22.4 Å². The van der Waals surface area contributed by atoms with E-state index in [0.29, 0.717) is 49.1 Å². The summed E-state index contributed by atoms with van der Waals surface area (Å²) in [6.45, 7) is 3.00. The molecule has 5 aromatic rings. The van der Waals surface area contributed by atoms with Crippen molar-refractivity contribution in [2.24, 2.45) is 5.92 Å². The van der Waals surface area contributed by atoms with Gasteiger partial charge in [0.15, 0.2) is 5.82 Å². The summed E-state index contributed by atoms with van der Waals surface area (Å²) in [5.74, 6) is -0.553. The first-order chi connectivity index (χ1) is 21.9. The smallest absolute Gasteiger partial charge is 0.307 e. The van der Waals surface area contributed by atoms with E-state index >= 15 is 0 Å². The Labute approximate surface area is 273 Å². The van der Waals surface area contributed by atoms with Crippen LogP contribution in [0, 0.1) is 5.92 Å². The van der Waals surface area contributed by atoms with Crippen molar-refractivity contribution in [2.75, 3.05) is 24.3 Å². The molecule has 228 valence electrons. The average molecular weight is 660 g/mol. The molecule has 1 atom stereocenters. The minimum atomic E-state index is -0.733. The van der Waals surface area contributed by atoms with E-state index in [0.717, 1.165) is 55.3 Å². The van der Waals surface area contributed by atoms with Crippen molar-refractivity contribution in [3.8, 4) is 21.7 Å². The number of carbonyl (C=O) groups excluding carboxylic acids is 1. The van der Waals surface area contributed by atoms with Gasteiger partial charge in [-0.25, -0.2) is 9.97 Å². The van der Waals surface area contributed by atoms with Gasteiger partial charge in [0.25, 0.3) is 0 Å². The predicted molar refractivity (Wildman–Crippen MR) is 177 cm³/mol. The topological polar surface area (TPSA) is 112 Å². The van der Waals surface area contributed by atoms with Gasteiger partial charge in [-0.2, -0.15) is 0 Å². The molecular formula is C33H28Cl2N6O3S. The van der Waals surface area contributed by atoms with Crippen LogP contribution in [-0.4, -0.2) is 60.7 Å². The molecule has 0 spiro atoms. The molecule has 45 heavy (non-hydrogen) atoms. The molecule has 0 saturated carbocycles. The molecule has 0 radical (unpaired) electrons. The van der Waals surface area contributed by atoms with E-state index in [4.69, 9.17) is 33.2 Å². The van der Waals surface area contributed by atoms with Crippen molar-refractivity contribution < 1.29 is 14.7 Å². The van der Waals surface area contributed by atoms with Crippen molar-refractivity contribution in [1.82, 2.24) is 24.8 Å². The Morgan fingerprint density at radius 3 is 2.71 bits per heavy atom. The first-order valence-corrected chi connectivity index (χ1v) is 16.3. The number of rotatable bonds is 8. The fraction of sp³-hybridized carbons (Fsp3) is 0.242. The van der Waals surface area contributed by atoms with Gasteiger partial charge in [0.05, 0.1) is 35.4 Å². The molecule has 5 heterocycles. The number of aliphatic carboxylic acids is 1. The second-order valence-corrected chi connectivity index (χ2v) is 13.0. The molecule has 7 rings (SSSR count).